The number of aryl methyl sites for hydroxylation is 1. The van der Waals surface area contributed by atoms with Crippen LogP contribution in [0.2, 0.25) is 0 Å². The third-order valence-corrected chi connectivity index (χ3v) is 6.47. The van der Waals surface area contributed by atoms with E-state index in [0.717, 1.165) is 23.6 Å². The molecule has 0 spiro atoms. The van der Waals surface area contributed by atoms with Crippen LogP contribution in [-0.4, -0.2) is 35.5 Å². The zero-order valence-electron chi connectivity index (χ0n) is 18.8. The second-order valence-corrected chi connectivity index (χ2v) is 8.64. The molecular weight excluding hydrogens is 452 g/mol. The van der Waals surface area contributed by atoms with Crippen LogP contribution in [0, 0.1) is 11.6 Å². The van der Waals surface area contributed by atoms with E-state index >= 15 is 0 Å². The van der Waals surface area contributed by atoms with Gasteiger partial charge >= 0.3 is 0 Å². The lowest BCUT2D eigenvalue weighted by atomic mass is 10.0. The van der Waals surface area contributed by atoms with E-state index in [1.807, 2.05) is 23.2 Å². The molecule has 1 fully saturated rings. The van der Waals surface area contributed by atoms with Gasteiger partial charge in [0.15, 0.2) is 5.65 Å². The van der Waals surface area contributed by atoms with E-state index in [2.05, 4.69) is 10.2 Å². The molecule has 1 aliphatic rings. The Hall–Kier alpha value is -4.34. The van der Waals surface area contributed by atoms with Gasteiger partial charge in [0.05, 0.1) is 18.4 Å². The lowest BCUT2D eigenvalue weighted by molar-refractivity contribution is 0.560. The van der Waals surface area contributed by atoms with Gasteiger partial charge in [-0.15, -0.1) is 0 Å². The van der Waals surface area contributed by atoms with Crippen molar-refractivity contribution in [1.82, 2.24) is 28.9 Å². The van der Waals surface area contributed by atoms with Crippen LogP contribution >= 0.6 is 0 Å². The molecule has 0 bridgehead atoms. The van der Waals surface area contributed by atoms with E-state index in [9.17, 15) is 13.6 Å². The van der Waals surface area contributed by atoms with Crippen molar-refractivity contribution in [2.75, 3.05) is 11.4 Å². The van der Waals surface area contributed by atoms with Crippen LogP contribution < -0.4 is 10.5 Å². The highest BCUT2D eigenvalue weighted by atomic mass is 19.1. The monoisotopic (exact) mass is 473 g/mol. The third-order valence-electron chi connectivity index (χ3n) is 6.47. The van der Waals surface area contributed by atoms with E-state index in [1.165, 1.54) is 16.7 Å². The molecule has 1 aromatic carbocycles. The molecule has 176 valence electrons. The number of hydrogen-bond acceptors (Lipinski definition) is 5. The van der Waals surface area contributed by atoms with E-state index < -0.39 is 11.6 Å². The van der Waals surface area contributed by atoms with Crippen molar-refractivity contribution in [2.24, 2.45) is 7.05 Å². The Morgan fingerprint density at radius 2 is 1.89 bits per heavy atom. The third kappa shape index (κ3) is 3.67. The van der Waals surface area contributed by atoms with Gasteiger partial charge in [-0.25, -0.2) is 23.0 Å². The normalized spacial score (nSPS) is 15.9. The minimum Gasteiger partial charge on any atom is -0.349 e. The summed E-state index contributed by atoms with van der Waals surface area (Å²) in [7, 11) is 1.70. The van der Waals surface area contributed by atoms with Crippen LogP contribution in [0.3, 0.4) is 0 Å². The van der Waals surface area contributed by atoms with Gasteiger partial charge in [0.25, 0.3) is 5.56 Å². The maximum absolute atomic E-state index is 14.5. The zero-order valence-corrected chi connectivity index (χ0v) is 18.8. The Balaban J connectivity index is 1.37. The molecule has 0 saturated carbocycles. The molecule has 0 aliphatic carbocycles. The molecular formula is C25H21F2N7O. The van der Waals surface area contributed by atoms with Crippen molar-refractivity contribution in [2.45, 2.75) is 18.9 Å². The van der Waals surface area contributed by atoms with Crippen LogP contribution in [0.4, 0.5) is 14.6 Å². The number of pyridine rings is 1. The maximum Gasteiger partial charge on any atom is 0.250 e. The van der Waals surface area contributed by atoms with Gasteiger partial charge in [0.2, 0.25) is 0 Å². The largest absolute Gasteiger partial charge is 0.349 e. The number of hydrogen-bond donors (Lipinski definition) is 0. The fraction of sp³-hybridized carbons (Fsp3) is 0.200. The van der Waals surface area contributed by atoms with Crippen molar-refractivity contribution in [3.63, 3.8) is 0 Å². The average molecular weight is 473 g/mol. The first-order valence-electron chi connectivity index (χ1n) is 11.3. The van der Waals surface area contributed by atoms with Crippen LogP contribution in [-0.2, 0) is 7.05 Å². The second kappa shape index (κ2) is 8.15. The fourth-order valence-corrected chi connectivity index (χ4v) is 4.63. The van der Waals surface area contributed by atoms with Crippen LogP contribution in [0.15, 0.2) is 72.2 Å². The molecule has 35 heavy (non-hydrogen) atoms. The summed E-state index contributed by atoms with van der Waals surface area (Å²) in [6.45, 7) is 0.683. The lowest BCUT2D eigenvalue weighted by Crippen LogP contribution is -2.24. The van der Waals surface area contributed by atoms with Gasteiger partial charge in [-0.1, -0.05) is 0 Å². The summed E-state index contributed by atoms with van der Waals surface area (Å²) >= 11 is 0. The summed E-state index contributed by atoms with van der Waals surface area (Å²) in [5, 5.41) is 8.84. The first-order chi connectivity index (χ1) is 17.0. The topological polar surface area (TPSA) is 73.2 Å². The number of fused-ring (bicyclic) bond motifs is 1. The van der Waals surface area contributed by atoms with E-state index in [4.69, 9.17) is 4.98 Å². The Morgan fingerprint density at radius 1 is 1.00 bits per heavy atom. The number of anilines is 1. The summed E-state index contributed by atoms with van der Waals surface area (Å²) < 4.78 is 33.2. The van der Waals surface area contributed by atoms with Crippen molar-refractivity contribution >= 4 is 11.5 Å². The van der Waals surface area contributed by atoms with E-state index in [0.29, 0.717) is 35.7 Å². The molecule has 0 radical (unpaired) electrons. The number of nitrogens with zero attached hydrogens (tertiary/aromatic N) is 7. The summed E-state index contributed by atoms with van der Waals surface area (Å²) in [6, 6.07) is 8.51. The van der Waals surface area contributed by atoms with Crippen LogP contribution in [0.1, 0.15) is 24.4 Å². The summed E-state index contributed by atoms with van der Waals surface area (Å²) in [4.78, 5) is 18.8. The minimum absolute atomic E-state index is 0.104. The molecule has 1 saturated heterocycles. The molecule has 6 rings (SSSR count). The summed E-state index contributed by atoms with van der Waals surface area (Å²) in [6.07, 6.45) is 10.2. The highest BCUT2D eigenvalue weighted by Gasteiger charge is 2.30. The van der Waals surface area contributed by atoms with Gasteiger partial charge < -0.3 is 9.47 Å². The predicted molar refractivity (Wildman–Crippen MR) is 126 cm³/mol. The number of aromatic nitrogens is 6. The summed E-state index contributed by atoms with van der Waals surface area (Å²) in [5.41, 5.74) is 3.03. The Kier molecular flexibility index (Phi) is 4.94. The smallest absolute Gasteiger partial charge is 0.250 e. The molecule has 4 aromatic heterocycles. The van der Waals surface area contributed by atoms with E-state index in [1.54, 1.807) is 47.1 Å². The maximum atomic E-state index is 14.5. The average Bonchev–Trinajstić information content (AvgIpc) is 3.61. The quantitative estimate of drug-likeness (QED) is 0.396. The molecule has 1 atom stereocenters. The van der Waals surface area contributed by atoms with Gasteiger partial charge in [-0.2, -0.15) is 10.2 Å². The van der Waals surface area contributed by atoms with Crippen molar-refractivity contribution in [3.05, 3.63) is 94.9 Å². The molecule has 5 heterocycles. The lowest BCUT2D eigenvalue weighted by Gasteiger charge is -2.26. The second-order valence-electron chi connectivity index (χ2n) is 8.64. The Morgan fingerprint density at radius 3 is 2.74 bits per heavy atom. The Bertz CT molecular complexity index is 1620. The number of halogens is 2. The van der Waals surface area contributed by atoms with Crippen molar-refractivity contribution < 1.29 is 8.78 Å². The highest BCUT2D eigenvalue weighted by molar-refractivity contribution is 5.65. The molecule has 10 heteroatoms. The predicted octanol–water partition coefficient (Wildman–Crippen LogP) is 3.90. The number of rotatable bonds is 4. The highest BCUT2D eigenvalue weighted by Crippen LogP contribution is 2.37. The fourth-order valence-electron chi connectivity index (χ4n) is 4.63. The van der Waals surface area contributed by atoms with Crippen LogP contribution in [0.25, 0.3) is 22.5 Å². The molecule has 0 unspecified atom stereocenters. The molecule has 5 aromatic rings. The molecule has 0 amide bonds. The Labute approximate surface area is 198 Å². The summed E-state index contributed by atoms with van der Waals surface area (Å²) in [5.74, 6) is -0.223. The standard InChI is InChI=1S/C25H21F2N7O/c1-31-9-6-16(11-24(31)35)17-13-28-34(15-17)22-14-29-33-10-7-23(30-25(22)33)32-8-2-3-21(32)19-12-18(26)4-5-20(19)27/h4-7,9-15,21H,2-3,8H2,1H3/t21-/m0/s1. The first-order valence-corrected chi connectivity index (χ1v) is 11.3. The van der Waals surface area contributed by atoms with Crippen molar-refractivity contribution in [1.29, 1.82) is 0 Å². The van der Waals surface area contributed by atoms with Gasteiger partial charge in [-0.3, -0.25) is 4.79 Å². The van der Waals surface area contributed by atoms with E-state index in [-0.39, 0.29) is 11.6 Å². The number of benzene rings is 1. The zero-order chi connectivity index (χ0) is 24.1. The van der Waals surface area contributed by atoms with Gasteiger partial charge in [0, 0.05) is 49.4 Å². The SMILES string of the molecule is Cn1ccc(-c2cnn(-c3cnn4ccc(N5CCC[C@H]5c5cc(F)ccc5F)nc34)c2)cc1=O. The molecule has 8 nitrogen and oxygen atoms in total. The van der Waals surface area contributed by atoms with Gasteiger partial charge in [0.1, 0.15) is 23.1 Å². The molecule has 1 aliphatic heterocycles. The minimum atomic E-state index is -0.458. The van der Waals surface area contributed by atoms with Crippen molar-refractivity contribution in [3.8, 4) is 16.8 Å². The molecule has 0 N–H and O–H groups in total. The first kappa shape index (κ1) is 21.2. The van der Waals surface area contributed by atoms with Gasteiger partial charge in [-0.05, 0) is 48.7 Å². The van der Waals surface area contributed by atoms with Crippen LogP contribution in [0.5, 0.6) is 0 Å².